The zero-order chi connectivity index (χ0) is 31.6. The summed E-state index contributed by atoms with van der Waals surface area (Å²) in [4.78, 5) is 38.1. The Bertz CT molecular complexity index is 1580. The van der Waals surface area contributed by atoms with Crippen molar-refractivity contribution in [2.24, 2.45) is 11.7 Å². The first-order chi connectivity index (χ1) is 20.1. The molecule has 230 valence electrons. The van der Waals surface area contributed by atoms with Crippen LogP contribution in [0.3, 0.4) is 0 Å². The number of nitrogens with two attached hydrogens (primary N) is 1. The van der Waals surface area contributed by atoms with Crippen molar-refractivity contribution >= 4 is 29.1 Å². The maximum Gasteiger partial charge on any atom is 0.395 e. The van der Waals surface area contributed by atoms with Gasteiger partial charge in [-0.3, -0.25) is 19.0 Å². The second-order valence-electron chi connectivity index (χ2n) is 9.84. The smallest absolute Gasteiger partial charge is 0.395 e. The largest absolute Gasteiger partial charge is 0.491 e. The first kappa shape index (κ1) is 31.9. The summed E-state index contributed by atoms with van der Waals surface area (Å²) in [5.41, 5.74) is 3.93. The molecule has 1 aliphatic heterocycles. The molecule has 3 N–H and O–H groups in total. The number of hydrogen-bond donors (Lipinski definition) is 2. The summed E-state index contributed by atoms with van der Waals surface area (Å²) in [6.45, 7) is -2.88. The Morgan fingerprint density at radius 3 is 2.47 bits per heavy atom. The third kappa shape index (κ3) is 7.31. The number of carbonyl (C=O) groups excluding carboxylic acids is 2. The minimum atomic E-state index is -4.73. The first-order valence-electron chi connectivity index (χ1n) is 12.7. The lowest BCUT2D eigenvalue weighted by Gasteiger charge is -2.28. The van der Waals surface area contributed by atoms with Gasteiger partial charge in [-0.25, -0.2) is 4.39 Å². The van der Waals surface area contributed by atoms with E-state index in [1.54, 1.807) is 0 Å². The lowest BCUT2D eigenvalue weighted by molar-refractivity contribution is -0.181. The van der Waals surface area contributed by atoms with Crippen LogP contribution in [-0.4, -0.2) is 41.9 Å². The highest BCUT2D eigenvalue weighted by Gasteiger charge is 2.42. The predicted molar refractivity (Wildman–Crippen MR) is 144 cm³/mol. The highest BCUT2D eigenvalue weighted by molar-refractivity contribution is 6.31. The summed E-state index contributed by atoms with van der Waals surface area (Å²) in [5, 5.41) is 2.09. The van der Waals surface area contributed by atoms with Gasteiger partial charge in [-0.05, 0) is 49.2 Å². The van der Waals surface area contributed by atoms with E-state index in [9.17, 15) is 36.3 Å². The van der Waals surface area contributed by atoms with Crippen molar-refractivity contribution in [3.63, 3.8) is 0 Å². The molecule has 0 saturated heterocycles. The number of aromatic nitrogens is 1. The van der Waals surface area contributed by atoms with Gasteiger partial charge in [0.1, 0.15) is 24.2 Å². The predicted octanol–water partition coefficient (Wildman–Crippen LogP) is 5.72. The van der Waals surface area contributed by atoms with Gasteiger partial charge in [0.25, 0.3) is 5.56 Å². The number of halogens is 7. The number of alkyl halides is 5. The summed E-state index contributed by atoms with van der Waals surface area (Å²) < 4.78 is 93.2. The molecular formula is C28H24ClF6N3O5. The first-order valence-corrected chi connectivity index (χ1v) is 13.1. The molecule has 0 spiro atoms. The van der Waals surface area contributed by atoms with Crippen LogP contribution in [0.4, 0.5) is 32.0 Å². The maximum absolute atomic E-state index is 15.3. The van der Waals surface area contributed by atoms with E-state index in [4.69, 9.17) is 22.1 Å². The second kappa shape index (κ2) is 12.7. The molecule has 0 bridgehead atoms. The number of fused-ring (bicyclic) bond motifs is 3. The van der Waals surface area contributed by atoms with E-state index in [1.165, 1.54) is 37.3 Å². The van der Waals surface area contributed by atoms with Crippen LogP contribution < -0.4 is 21.3 Å². The number of nitrogens with one attached hydrogen (secondary N) is 1. The van der Waals surface area contributed by atoms with Crippen molar-refractivity contribution in [2.75, 3.05) is 11.9 Å². The molecule has 0 saturated carbocycles. The molecule has 0 radical (unpaired) electrons. The van der Waals surface area contributed by atoms with Gasteiger partial charge in [0.05, 0.1) is 23.2 Å². The van der Waals surface area contributed by atoms with Crippen molar-refractivity contribution in [2.45, 2.75) is 44.7 Å². The van der Waals surface area contributed by atoms with Crippen LogP contribution in [0.15, 0.2) is 53.5 Å². The molecule has 8 nitrogen and oxygen atoms in total. The van der Waals surface area contributed by atoms with Crippen molar-refractivity contribution < 1.29 is 45.4 Å². The van der Waals surface area contributed by atoms with Gasteiger partial charge in [-0.2, -0.15) is 22.0 Å². The summed E-state index contributed by atoms with van der Waals surface area (Å²) in [6, 6.07) is 6.95. The summed E-state index contributed by atoms with van der Waals surface area (Å²) in [6.07, 6.45) is -6.23. The SMILES string of the molecule is C[C@@H](C[C@@H](C(=O)Nc1ccc(C(N)=O)cc1)n1cc2c(cc1=O)-c1c(ccc(Cl)c1F)C[C@@H](C(F)(F)F)CO2)OC(F)F. The monoisotopic (exact) mass is 631 g/mol. The van der Waals surface area contributed by atoms with E-state index in [-0.39, 0.29) is 33.7 Å². The van der Waals surface area contributed by atoms with E-state index in [0.717, 1.165) is 22.9 Å². The molecule has 1 aliphatic rings. The third-order valence-corrected chi connectivity index (χ3v) is 7.12. The highest BCUT2D eigenvalue weighted by atomic mass is 35.5. The fraction of sp³-hybridized carbons (Fsp3) is 0.321. The number of hydrogen-bond acceptors (Lipinski definition) is 5. The number of amides is 2. The quantitative estimate of drug-likeness (QED) is 0.309. The number of anilines is 1. The lowest BCUT2D eigenvalue weighted by atomic mass is 9.90. The summed E-state index contributed by atoms with van der Waals surface area (Å²) in [7, 11) is 0. The molecule has 1 aromatic heterocycles. The number of rotatable bonds is 8. The molecule has 0 aliphatic carbocycles. The number of pyridine rings is 1. The Balaban J connectivity index is 1.81. The molecule has 0 fully saturated rings. The Morgan fingerprint density at radius 2 is 1.86 bits per heavy atom. The minimum Gasteiger partial charge on any atom is -0.491 e. The molecule has 2 amide bonds. The van der Waals surface area contributed by atoms with Gasteiger partial charge >= 0.3 is 12.8 Å². The second-order valence-corrected chi connectivity index (χ2v) is 10.2. The topological polar surface area (TPSA) is 113 Å². The van der Waals surface area contributed by atoms with E-state index in [0.29, 0.717) is 0 Å². The van der Waals surface area contributed by atoms with Gasteiger partial charge in [-0.1, -0.05) is 17.7 Å². The van der Waals surface area contributed by atoms with E-state index in [1.807, 2.05) is 0 Å². The zero-order valence-corrected chi connectivity index (χ0v) is 23.0. The Morgan fingerprint density at radius 1 is 1.19 bits per heavy atom. The molecule has 4 rings (SSSR count). The molecule has 15 heteroatoms. The van der Waals surface area contributed by atoms with Crippen LogP contribution in [0.2, 0.25) is 5.02 Å². The van der Waals surface area contributed by atoms with Gasteiger partial charge in [0, 0.05) is 34.9 Å². The molecule has 2 heterocycles. The average molecular weight is 632 g/mol. The summed E-state index contributed by atoms with van der Waals surface area (Å²) >= 11 is 5.92. The van der Waals surface area contributed by atoms with Crippen molar-refractivity contribution in [1.29, 1.82) is 0 Å². The average Bonchev–Trinajstić information content (AvgIpc) is 2.90. The fourth-order valence-electron chi connectivity index (χ4n) is 4.70. The van der Waals surface area contributed by atoms with E-state index >= 15 is 4.39 Å². The van der Waals surface area contributed by atoms with E-state index in [2.05, 4.69) is 10.1 Å². The van der Waals surface area contributed by atoms with Crippen LogP contribution in [-0.2, 0) is 16.0 Å². The van der Waals surface area contributed by atoms with Crippen molar-refractivity contribution in [3.8, 4) is 16.9 Å². The molecule has 0 unspecified atom stereocenters. The van der Waals surface area contributed by atoms with Crippen molar-refractivity contribution in [3.05, 3.63) is 81.0 Å². The molecule has 43 heavy (non-hydrogen) atoms. The number of carbonyl (C=O) groups is 2. The third-order valence-electron chi connectivity index (χ3n) is 6.83. The maximum atomic E-state index is 15.3. The van der Waals surface area contributed by atoms with Gasteiger partial charge in [0.15, 0.2) is 0 Å². The van der Waals surface area contributed by atoms with Gasteiger partial charge in [0.2, 0.25) is 11.8 Å². The van der Waals surface area contributed by atoms with Crippen LogP contribution >= 0.6 is 11.6 Å². The van der Waals surface area contributed by atoms with Crippen LogP contribution in [0.25, 0.3) is 11.1 Å². The van der Waals surface area contributed by atoms with E-state index < -0.39 is 78.5 Å². The molecule has 3 atom stereocenters. The Hall–Kier alpha value is -4.04. The van der Waals surface area contributed by atoms with Gasteiger partial charge in [-0.15, -0.1) is 0 Å². The number of benzene rings is 2. The molecule has 3 aromatic rings. The number of primary amides is 1. The highest BCUT2D eigenvalue weighted by Crippen LogP contribution is 2.42. The fourth-order valence-corrected chi connectivity index (χ4v) is 4.85. The van der Waals surface area contributed by atoms with Crippen LogP contribution in [0.5, 0.6) is 5.75 Å². The zero-order valence-electron chi connectivity index (χ0n) is 22.3. The normalized spacial score (nSPS) is 16.3. The van der Waals surface area contributed by atoms with Gasteiger partial charge < -0.3 is 20.5 Å². The number of nitrogens with zero attached hydrogens (tertiary/aromatic N) is 1. The Labute approximate surface area is 245 Å². The number of ether oxygens (including phenoxy) is 2. The molecule has 2 aromatic carbocycles. The van der Waals surface area contributed by atoms with Crippen molar-refractivity contribution in [1.82, 2.24) is 4.57 Å². The van der Waals surface area contributed by atoms with Crippen LogP contribution in [0.1, 0.15) is 35.3 Å². The lowest BCUT2D eigenvalue weighted by Crippen LogP contribution is -2.36. The van der Waals surface area contributed by atoms with Crippen LogP contribution in [0, 0.1) is 11.7 Å². The molecular weight excluding hydrogens is 608 g/mol. The standard InChI is InChI=1S/C28H24ClF6N3O5/c1-13(43-27(31)32)8-20(26(41)37-17-5-2-14(3-6-17)25(36)40)38-11-21-18(10-22(38)39)23-15(4-7-19(29)24(23)30)9-16(12-42-21)28(33,34)35/h2-7,10-11,13,16,20,27H,8-9,12H2,1H3,(H2,36,40)(H,37,41)/t13-,16+,20-/m0/s1. The minimum absolute atomic E-state index is 0.0708. The summed E-state index contributed by atoms with van der Waals surface area (Å²) in [5.74, 6) is -5.12. The Kier molecular flexibility index (Phi) is 9.40.